The second-order valence-corrected chi connectivity index (χ2v) is 6.72. The summed E-state index contributed by atoms with van der Waals surface area (Å²) in [5.41, 5.74) is 3.86. The second-order valence-electron chi connectivity index (χ2n) is 5.94. The fourth-order valence-corrected chi connectivity index (χ4v) is 4.24. The lowest BCUT2D eigenvalue weighted by Gasteiger charge is -2.24. The van der Waals surface area contributed by atoms with Crippen LogP contribution in [0.15, 0.2) is 6.07 Å². The van der Waals surface area contributed by atoms with Gasteiger partial charge in [-0.3, -0.25) is 4.79 Å². The number of ether oxygens (including phenoxy) is 1. The largest absolute Gasteiger partial charge is 0.481 e. The molecule has 0 spiro atoms. The number of benzene rings is 1. The summed E-state index contributed by atoms with van der Waals surface area (Å²) in [6.07, 6.45) is 2.05. The van der Waals surface area contributed by atoms with Crippen LogP contribution in [0.5, 0.6) is 0 Å². The minimum absolute atomic E-state index is 0.0613. The van der Waals surface area contributed by atoms with E-state index >= 15 is 0 Å². The van der Waals surface area contributed by atoms with Crippen LogP contribution in [0.2, 0.25) is 10.0 Å². The van der Waals surface area contributed by atoms with Crippen LogP contribution in [-0.2, 0) is 29.4 Å². The molecule has 0 aliphatic carbocycles. The molecule has 1 aliphatic heterocycles. The van der Waals surface area contributed by atoms with E-state index in [0.29, 0.717) is 18.1 Å². The Morgan fingerprint density at radius 3 is 2.87 bits per heavy atom. The Morgan fingerprint density at radius 2 is 2.22 bits per heavy atom. The van der Waals surface area contributed by atoms with Gasteiger partial charge in [-0.2, -0.15) is 0 Å². The number of carbonyl (C=O) groups is 1. The lowest BCUT2D eigenvalue weighted by Crippen LogP contribution is -2.20. The Morgan fingerprint density at radius 1 is 1.48 bits per heavy atom. The Kier molecular flexibility index (Phi) is 4.59. The van der Waals surface area contributed by atoms with Crippen molar-refractivity contribution in [3.8, 4) is 0 Å². The first-order valence-corrected chi connectivity index (χ1v) is 8.52. The average molecular weight is 356 g/mol. The monoisotopic (exact) mass is 355 g/mol. The molecule has 0 saturated heterocycles. The first kappa shape index (κ1) is 16.6. The lowest BCUT2D eigenvalue weighted by molar-refractivity contribution is -0.140. The van der Waals surface area contributed by atoms with Gasteiger partial charge >= 0.3 is 5.97 Å². The first-order chi connectivity index (χ1) is 11.0. The molecular weight excluding hydrogens is 337 g/mol. The number of fused-ring (bicyclic) bond motifs is 3. The highest BCUT2D eigenvalue weighted by molar-refractivity contribution is 6.41. The van der Waals surface area contributed by atoms with Gasteiger partial charge in [0.1, 0.15) is 6.10 Å². The van der Waals surface area contributed by atoms with Gasteiger partial charge in [-0.15, -0.1) is 0 Å². The third-order valence-electron chi connectivity index (χ3n) is 4.43. The Hall–Kier alpha value is -1.23. The van der Waals surface area contributed by atoms with E-state index in [1.54, 1.807) is 0 Å². The van der Waals surface area contributed by atoms with Gasteiger partial charge in [-0.1, -0.05) is 36.5 Å². The third-order valence-corrected chi connectivity index (χ3v) is 5.15. The van der Waals surface area contributed by atoms with Gasteiger partial charge < -0.3 is 14.4 Å². The maximum atomic E-state index is 11.1. The number of carboxylic acids is 1. The number of hydrogen-bond acceptors (Lipinski definition) is 2. The third kappa shape index (κ3) is 2.73. The van der Waals surface area contributed by atoms with Crippen LogP contribution in [0.25, 0.3) is 10.9 Å². The molecule has 6 heteroatoms. The molecule has 23 heavy (non-hydrogen) atoms. The molecule has 3 rings (SSSR count). The first-order valence-electron chi connectivity index (χ1n) is 7.77. The van der Waals surface area contributed by atoms with Crippen molar-refractivity contribution in [3.05, 3.63) is 32.9 Å². The van der Waals surface area contributed by atoms with Crippen molar-refractivity contribution in [1.29, 1.82) is 0 Å². The standard InChI is InChI=1S/C17H19Cl2NO3/c1-3-4-9-7-11(18)17-14(15(9)19)10-5-6-23-12(8-13(21)22)16(10)20(17)2/h7,12H,3-6,8H2,1-2H3,(H,21,22). The summed E-state index contributed by atoms with van der Waals surface area (Å²) in [6.45, 7) is 2.60. The highest BCUT2D eigenvalue weighted by atomic mass is 35.5. The van der Waals surface area contributed by atoms with Gasteiger partial charge in [0, 0.05) is 12.4 Å². The summed E-state index contributed by atoms with van der Waals surface area (Å²) < 4.78 is 7.64. The molecule has 2 heterocycles. The summed E-state index contributed by atoms with van der Waals surface area (Å²) in [7, 11) is 1.90. The number of carboxylic acid groups (broad SMARTS) is 1. The molecule has 124 valence electrons. The molecule has 1 unspecified atom stereocenters. The molecule has 1 aromatic heterocycles. The average Bonchev–Trinajstić information content (AvgIpc) is 2.79. The molecule has 1 N–H and O–H groups in total. The van der Waals surface area contributed by atoms with Crippen LogP contribution in [0, 0.1) is 0 Å². The molecule has 0 bridgehead atoms. The van der Waals surface area contributed by atoms with Crippen LogP contribution >= 0.6 is 23.2 Å². The normalized spacial score (nSPS) is 17.5. The van der Waals surface area contributed by atoms with E-state index in [2.05, 4.69) is 6.92 Å². The molecule has 1 aliphatic rings. The zero-order valence-corrected chi connectivity index (χ0v) is 14.7. The number of halogens is 2. The molecule has 0 saturated carbocycles. The number of nitrogens with zero attached hydrogens (tertiary/aromatic N) is 1. The Labute approximate surface area is 144 Å². The molecule has 1 atom stereocenters. The zero-order valence-electron chi connectivity index (χ0n) is 13.2. The van der Waals surface area contributed by atoms with Crippen molar-refractivity contribution in [2.24, 2.45) is 7.05 Å². The predicted molar refractivity (Wildman–Crippen MR) is 91.6 cm³/mol. The Balaban J connectivity index is 2.28. The summed E-state index contributed by atoms with van der Waals surface area (Å²) in [4.78, 5) is 11.1. The molecular formula is C17H19Cl2NO3. The number of hydrogen-bond donors (Lipinski definition) is 1. The van der Waals surface area contributed by atoms with E-state index in [0.717, 1.165) is 45.6 Å². The van der Waals surface area contributed by atoms with Crippen molar-refractivity contribution < 1.29 is 14.6 Å². The van der Waals surface area contributed by atoms with E-state index in [9.17, 15) is 4.79 Å². The quantitative estimate of drug-likeness (QED) is 0.876. The Bertz CT molecular complexity index is 782. The van der Waals surface area contributed by atoms with Gasteiger partial charge in [0.25, 0.3) is 0 Å². The van der Waals surface area contributed by atoms with Gasteiger partial charge in [0.15, 0.2) is 0 Å². The van der Waals surface area contributed by atoms with Crippen LogP contribution < -0.4 is 0 Å². The van der Waals surface area contributed by atoms with Gasteiger partial charge in [0.05, 0.1) is 34.3 Å². The lowest BCUT2D eigenvalue weighted by atomic mass is 9.98. The number of rotatable bonds is 4. The molecule has 1 aromatic carbocycles. The van der Waals surface area contributed by atoms with E-state index < -0.39 is 12.1 Å². The van der Waals surface area contributed by atoms with Crippen LogP contribution in [-0.4, -0.2) is 22.2 Å². The highest BCUT2D eigenvalue weighted by Crippen LogP contribution is 2.43. The van der Waals surface area contributed by atoms with E-state index in [1.165, 1.54) is 0 Å². The minimum Gasteiger partial charge on any atom is -0.481 e. The van der Waals surface area contributed by atoms with Crippen LogP contribution in [0.3, 0.4) is 0 Å². The second kappa shape index (κ2) is 6.34. The highest BCUT2D eigenvalue weighted by Gasteiger charge is 2.31. The summed E-state index contributed by atoms with van der Waals surface area (Å²) in [5.74, 6) is -0.878. The topological polar surface area (TPSA) is 51.5 Å². The number of aromatic nitrogens is 1. The van der Waals surface area contributed by atoms with E-state index in [4.69, 9.17) is 33.0 Å². The molecule has 2 aromatic rings. The molecule has 0 fully saturated rings. The van der Waals surface area contributed by atoms with Gasteiger partial charge in [0.2, 0.25) is 0 Å². The van der Waals surface area contributed by atoms with Gasteiger partial charge in [-0.05, 0) is 30.0 Å². The van der Waals surface area contributed by atoms with Crippen molar-refractivity contribution >= 4 is 40.1 Å². The number of aryl methyl sites for hydroxylation is 2. The molecule has 0 radical (unpaired) electrons. The fourth-order valence-electron chi connectivity index (χ4n) is 3.53. The van der Waals surface area contributed by atoms with Crippen LogP contribution in [0.1, 0.15) is 42.7 Å². The van der Waals surface area contributed by atoms with Crippen molar-refractivity contribution in [2.45, 2.75) is 38.7 Å². The van der Waals surface area contributed by atoms with Crippen molar-refractivity contribution in [3.63, 3.8) is 0 Å². The molecule has 4 nitrogen and oxygen atoms in total. The minimum atomic E-state index is -0.878. The zero-order chi connectivity index (χ0) is 16.7. The maximum Gasteiger partial charge on any atom is 0.306 e. The number of aliphatic carboxylic acids is 1. The van der Waals surface area contributed by atoms with Crippen molar-refractivity contribution in [2.75, 3.05) is 6.61 Å². The van der Waals surface area contributed by atoms with Crippen molar-refractivity contribution in [1.82, 2.24) is 4.57 Å². The smallest absolute Gasteiger partial charge is 0.306 e. The van der Waals surface area contributed by atoms with Crippen LogP contribution in [0.4, 0.5) is 0 Å². The van der Waals surface area contributed by atoms with E-state index in [-0.39, 0.29) is 6.42 Å². The maximum absolute atomic E-state index is 11.1. The van der Waals surface area contributed by atoms with Gasteiger partial charge in [-0.25, -0.2) is 0 Å². The summed E-state index contributed by atoms with van der Waals surface area (Å²) >= 11 is 13.2. The van der Waals surface area contributed by atoms with E-state index in [1.807, 2.05) is 17.7 Å². The SMILES string of the molecule is CCCc1cc(Cl)c2c(c1Cl)c1c(n2C)C(CC(=O)O)OCC1. The fraction of sp³-hybridized carbons (Fsp3) is 0.471. The summed E-state index contributed by atoms with van der Waals surface area (Å²) in [6, 6.07) is 1.92. The predicted octanol–water partition coefficient (Wildman–Crippen LogP) is 4.53. The molecule has 0 amide bonds. The summed E-state index contributed by atoms with van der Waals surface area (Å²) in [5, 5.41) is 11.5.